The highest BCUT2D eigenvalue weighted by atomic mass is 35.5. The molecule has 7 heteroatoms. The Bertz CT molecular complexity index is 781. The molecule has 138 valence electrons. The van der Waals surface area contributed by atoms with Crippen LogP contribution in [0.2, 0.25) is 5.02 Å². The molecular weight excluding hydrogens is 372 g/mol. The van der Waals surface area contributed by atoms with Crippen LogP contribution in [0.3, 0.4) is 0 Å². The van der Waals surface area contributed by atoms with Crippen molar-refractivity contribution < 1.29 is 14.3 Å². The highest BCUT2D eigenvalue weighted by molar-refractivity contribution is 8.01. The van der Waals surface area contributed by atoms with E-state index in [2.05, 4.69) is 10.6 Å². The maximum Gasteiger partial charge on any atom is 0.237 e. The van der Waals surface area contributed by atoms with E-state index in [0.717, 1.165) is 11.3 Å². The summed E-state index contributed by atoms with van der Waals surface area (Å²) < 4.78 is 5.07. The molecule has 0 saturated heterocycles. The van der Waals surface area contributed by atoms with Crippen molar-refractivity contribution in [3.8, 4) is 5.75 Å². The fourth-order valence-electron chi connectivity index (χ4n) is 2.11. The van der Waals surface area contributed by atoms with Gasteiger partial charge in [0.05, 0.1) is 18.1 Å². The van der Waals surface area contributed by atoms with Gasteiger partial charge in [-0.1, -0.05) is 17.7 Å². The number of hydrogen-bond acceptors (Lipinski definition) is 4. The summed E-state index contributed by atoms with van der Waals surface area (Å²) in [6.07, 6.45) is 0. The molecule has 2 N–H and O–H groups in total. The van der Waals surface area contributed by atoms with Crippen LogP contribution in [0.1, 0.15) is 12.5 Å². The second-order valence-electron chi connectivity index (χ2n) is 5.68. The standard InChI is InChI=1S/C19H21ClN2O3S/c1-12-4-5-14(20)10-17(12)22-19(24)13(2)26-11-18(23)21-15-6-8-16(25-3)9-7-15/h4-10,13H,11H2,1-3H3,(H,21,23)(H,22,24). The Balaban J connectivity index is 1.82. The summed E-state index contributed by atoms with van der Waals surface area (Å²) in [4.78, 5) is 24.3. The first-order valence-electron chi connectivity index (χ1n) is 8.01. The van der Waals surface area contributed by atoms with Crippen LogP contribution in [-0.4, -0.2) is 29.9 Å². The van der Waals surface area contributed by atoms with Gasteiger partial charge in [-0.2, -0.15) is 0 Å². The molecule has 2 rings (SSSR count). The number of nitrogens with one attached hydrogen (secondary N) is 2. The monoisotopic (exact) mass is 392 g/mol. The first-order chi connectivity index (χ1) is 12.4. The lowest BCUT2D eigenvalue weighted by Crippen LogP contribution is -2.25. The van der Waals surface area contributed by atoms with E-state index in [4.69, 9.17) is 16.3 Å². The number of halogens is 1. The van der Waals surface area contributed by atoms with Crippen molar-refractivity contribution in [1.82, 2.24) is 0 Å². The molecule has 26 heavy (non-hydrogen) atoms. The average molecular weight is 393 g/mol. The molecule has 5 nitrogen and oxygen atoms in total. The zero-order valence-electron chi connectivity index (χ0n) is 14.8. The molecule has 0 bridgehead atoms. The Hall–Kier alpha value is -2.18. The van der Waals surface area contributed by atoms with E-state index in [0.29, 0.717) is 16.4 Å². The van der Waals surface area contributed by atoms with Crippen molar-refractivity contribution in [2.75, 3.05) is 23.5 Å². The fraction of sp³-hybridized carbons (Fsp3) is 0.263. The zero-order valence-corrected chi connectivity index (χ0v) is 16.4. The van der Waals surface area contributed by atoms with Gasteiger partial charge in [-0.05, 0) is 55.8 Å². The second kappa shape index (κ2) is 9.50. The summed E-state index contributed by atoms with van der Waals surface area (Å²) in [5.74, 6) is 0.560. The molecule has 0 saturated carbocycles. The van der Waals surface area contributed by atoms with Gasteiger partial charge in [-0.25, -0.2) is 0 Å². The van der Waals surface area contributed by atoms with E-state index < -0.39 is 0 Å². The van der Waals surface area contributed by atoms with Crippen LogP contribution in [0.5, 0.6) is 5.75 Å². The molecule has 2 amide bonds. The Labute approximate surface area is 162 Å². The Morgan fingerprint density at radius 3 is 2.50 bits per heavy atom. The average Bonchev–Trinajstić information content (AvgIpc) is 2.63. The Morgan fingerprint density at radius 2 is 1.85 bits per heavy atom. The van der Waals surface area contributed by atoms with Crippen LogP contribution in [0.25, 0.3) is 0 Å². The van der Waals surface area contributed by atoms with Crippen molar-refractivity contribution in [2.24, 2.45) is 0 Å². The second-order valence-corrected chi connectivity index (χ2v) is 7.44. The summed E-state index contributed by atoms with van der Waals surface area (Å²) in [7, 11) is 1.58. The van der Waals surface area contributed by atoms with Gasteiger partial charge < -0.3 is 15.4 Å². The molecule has 0 heterocycles. The van der Waals surface area contributed by atoms with E-state index in [-0.39, 0.29) is 22.8 Å². The first kappa shape index (κ1) is 20.1. The van der Waals surface area contributed by atoms with Gasteiger partial charge in [0.15, 0.2) is 0 Å². The summed E-state index contributed by atoms with van der Waals surface area (Å²) in [5.41, 5.74) is 2.29. The molecule has 0 aliphatic carbocycles. The third kappa shape index (κ3) is 5.97. The quantitative estimate of drug-likeness (QED) is 0.734. The van der Waals surface area contributed by atoms with Crippen molar-refractivity contribution in [3.63, 3.8) is 0 Å². The lowest BCUT2D eigenvalue weighted by molar-refractivity contribution is -0.115. The van der Waals surface area contributed by atoms with Crippen molar-refractivity contribution >= 4 is 46.6 Å². The maximum absolute atomic E-state index is 12.3. The van der Waals surface area contributed by atoms with E-state index >= 15 is 0 Å². The lowest BCUT2D eigenvalue weighted by atomic mass is 10.2. The molecular formula is C19H21ClN2O3S. The van der Waals surface area contributed by atoms with Gasteiger partial charge in [-0.15, -0.1) is 11.8 Å². The zero-order chi connectivity index (χ0) is 19.1. The number of aryl methyl sites for hydroxylation is 1. The van der Waals surface area contributed by atoms with Crippen LogP contribution in [-0.2, 0) is 9.59 Å². The Kier molecular flexibility index (Phi) is 7.36. The number of ether oxygens (including phenoxy) is 1. The van der Waals surface area contributed by atoms with Crippen LogP contribution >= 0.6 is 23.4 Å². The van der Waals surface area contributed by atoms with E-state index in [9.17, 15) is 9.59 Å². The predicted molar refractivity (Wildman–Crippen MR) is 108 cm³/mol. The number of rotatable bonds is 7. The topological polar surface area (TPSA) is 67.4 Å². The van der Waals surface area contributed by atoms with Crippen molar-refractivity contribution in [1.29, 1.82) is 0 Å². The number of amides is 2. The van der Waals surface area contributed by atoms with Gasteiger partial charge in [0.25, 0.3) is 0 Å². The van der Waals surface area contributed by atoms with Crippen LogP contribution in [0.15, 0.2) is 42.5 Å². The maximum atomic E-state index is 12.3. The highest BCUT2D eigenvalue weighted by Gasteiger charge is 2.16. The van der Waals surface area contributed by atoms with Gasteiger partial charge in [-0.3, -0.25) is 9.59 Å². The number of carbonyl (C=O) groups excluding carboxylic acids is 2. The third-order valence-corrected chi connectivity index (χ3v) is 5.04. The highest BCUT2D eigenvalue weighted by Crippen LogP contribution is 2.22. The number of methoxy groups -OCH3 is 1. The summed E-state index contributed by atoms with van der Waals surface area (Å²) >= 11 is 7.23. The molecule has 0 radical (unpaired) electrons. The third-order valence-electron chi connectivity index (χ3n) is 3.66. The summed E-state index contributed by atoms with van der Waals surface area (Å²) in [6, 6.07) is 12.4. The fourth-order valence-corrected chi connectivity index (χ4v) is 2.97. The van der Waals surface area contributed by atoms with Crippen molar-refractivity contribution in [2.45, 2.75) is 19.1 Å². The SMILES string of the molecule is COc1ccc(NC(=O)CSC(C)C(=O)Nc2cc(Cl)ccc2C)cc1. The van der Waals surface area contributed by atoms with Gasteiger partial charge >= 0.3 is 0 Å². The smallest absolute Gasteiger partial charge is 0.237 e. The van der Waals surface area contributed by atoms with E-state index in [1.165, 1.54) is 11.8 Å². The normalized spacial score (nSPS) is 11.5. The van der Waals surface area contributed by atoms with Crippen LogP contribution < -0.4 is 15.4 Å². The van der Waals surface area contributed by atoms with E-state index in [1.54, 1.807) is 50.4 Å². The van der Waals surface area contributed by atoms with Crippen LogP contribution in [0, 0.1) is 6.92 Å². The van der Waals surface area contributed by atoms with Gasteiger partial charge in [0.2, 0.25) is 11.8 Å². The molecule has 2 aromatic rings. The molecule has 1 unspecified atom stereocenters. The number of anilines is 2. The van der Waals surface area contributed by atoms with Gasteiger partial charge in [0, 0.05) is 16.4 Å². The molecule has 0 aromatic heterocycles. The number of hydrogen-bond donors (Lipinski definition) is 2. The molecule has 2 aromatic carbocycles. The number of benzene rings is 2. The largest absolute Gasteiger partial charge is 0.497 e. The van der Waals surface area contributed by atoms with Crippen LogP contribution in [0.4, 0.5) is 11.4 Å². The van der Waals surface area contributed by atoms with Crippen molar-refractivity contribution in [3.05, 3.63) is 53.1 Å². The Morgan fingerprint density at radius 1 is 1.15 bits per heavy atom. The van der Waals surface area contributed by atoms with E-state index in [1.807, 2.05) is 13.0 Å². The number of thioether (sulfide) groups is 1. The first-order valence-corrected chi connectivity index (χ1v) is 9.44. The van der Waals surface area contributed by atoms with Gasteiger partial charge in [0.1, 0.15) is 5.75 Å². The minimum Gasteiger partial charge on any atom is -0.497 e. The minimum absolute atomic E-state index is 0.168. The molecule has 0 aliphatic heterocycles. The number of carbonyl (C=O) groups is 2. The molecule has 0 spiro atoms. The molecule has 0 fully saturated rings. The molecule has 0 aliphatic rings. The predicted octanol–water partition coefficient (Wildman–Crippen LogP) is 4.36. The summed E-state index contributed by atoms with van der Waals surface area (Å²) in [6.45, 7) is 3.66. The minimum atomic E-state index is -0.380. The molecule has 1 atom stereocenters. The summed E-state index contributed by atoms with van der Waals surface area (Å²) in [5, 5.41) is 5.82. The lowest BCUT2D eigenvalue weighted by Gasteiger charge is -2.14.